The van der Waals surface area contributed by atoms with E-state index in [9.17, 15) is 17.6 Å². The van der Waals surface area contributed by atoms with Gasteiger partial charge in [0.2, 0.25) is 0 Å². The van der Waals surface area contributed by atoms with Gasteiger partial charge in [-0.2, -0.15) is 0 Å². The van der Waals surface area contributed by atoms with Crippen LogP contribution in [0.1, 0.15) is 18.9 Å². The second-order valence-corrected chi connectivity index (χ2v) is 4.36. The first-order valence-electron chi connectivity index (χ1n) is 6.13. The molecule has 1 rings (SSSR count). The van der Waals surface area contributed by atoms with E-state index < -0.39 is 30.3 Å². The first-order valence-corrected chi connectivity index (χ1v) is 6.13. The van der Waals surface area contributed by atoms with Gasteiger partial charge in [0.15, 0.2) is 0 Å². The normalized spacial score (nSPS) is 11.1. The molecule has 1 aromatic rings. The van der Waals surface area contributed by atoms with Gasteiger partial charge in [-0.1, -0.05) is 6.92 Å². The van der Waals surface area contributed by atoms with Crippen LogP contribution < -0.4 is 10.2 Å². The molecule has 0 atom stereocenters. The van der Waals surface area contributed by atoms with Crippen molar-refractivity contribution >= 4 is 5.69 Å². The van der Waals surface area contributed by atoms with E-state index in [1.165, 1.54) is 19.2 Å². The summed E-state index contributed by atoms with van der Waals surface area (Å²) in [6.07, 6.45) is -1.73. The molecule has 2 nitrogen and oxygen atoms in total. The molecule has 0 unspecified atom stereocenters. The molecule has 0 spiro atoms. The maximum atomic E-state index is 13.8. The second-order valence-electron chi connectivity index (χ2n) is 4.36. The van der Waals surface area contributed by atoms with Gasteiger partial charge in [0, 0.05) is 13.6 Å². The summed E-state index contributed by atoms with van der Waals surface area (Å²) >= 11 is 0. The van der Waals surface area contributed by atoms with Crippen molar-refractivity contribution in [3.05, 3.63) is 29.3 Å². The molecule has 1 aromatic carbocycles. The van der Waals surface area contributed by atoms with Crippen molar-refractivity contribution in [1.82, 2.24) is 5.32 Å². The number of rotatable bonds is 7. The van der Waals surface area contributed by atoms with E-state index in [4.69, 9.17) is 0 Å². The third-order valence-electron chi connectivity index (χ3n) is 2.63. The van der Waals surface area contributed by atoms with Crippen LogP contribution in [0.25, 0.3) is 0 Å². The largest absolute Gasteiger partial charge is 0.364 e. The number of hydrogen-bond acceptors (Lipinski definition) is 2. The Morgan fingerprint density at radius 3 is 2.26 bits per heavy atom. The molecule has 0 aliphatic heterocycles. The van der Waals surface area contributed by atoms with E-state index in [-0.39, 0.29) is 0 Å². The average molecular weight is 278 g/mol. The quantitative estimate of drug-likeness (QED) is 0.609. The molecule has 0 bridgehead atoms. The van der Waals surface area contributed by atoms with E-state index in [0.29, 0.717) is 12.1 Å². The maximum Gasteiger partial charge on any atom is 0.255 e. The molecule has 0 aliphatic carbocycles. The Kier molecular flexibility index (Phi) is 6.08. The molecule has 108 valence electrons. The highest BCUT2D eigenvalue weighted by Gasteiger charge is 2.18. The number of anilines is 1. The van der Waals surface area contributed by atoms with E-state index in [0.717, 1.165) is 17.9 Å². The minimum atomic E-state index is -2.64. The standard InChI is InChI=1S/C13H18F4N2/c1-3-4-18-7-9-5-10(14)13(11(15)6-9)19(2)8-12(16)17/h5-6,12,18H,3-4,7-8H2,1-2H3. The van der Waals surface area contributed by atoms with Gasteiger partial charge in [0.25, 0.3) is 6.43 Å². The predicted molar refractivity (Wildman–Crippen MR) is 67.6 cm³/mol. The summed E-state index contributed by atoms with van der Waals surface area (Å²) in [5.41, 5.74) is 0.0391. The van der Waals surface area contributed by atoms with Crippen molar-refractivity contribution in [3.63, 3.8) is 0 Å². The minimum absolute atomic E-state index is 0.348. The fourth-order valence-electron chi connectivity index (χ4n) is 1.79. The number of nitrogens with one attached hydrogen (secondary N) is 1. The summed E-state index contributed by atoms with van der Waals surface area (Å²) < 4.78 is 52.0. The molecule has 0 aliphatic rings. The van der Waals surface area contributed by atoms with Gasteiger partial charge in [-0.15, -0.1) is 0 Å². The van der Waals surface area contributed by atoms with Gasteiger partial charge < -0.3 is 10.2 Å². The molecule has 0 saturated heterocycles. The van der Waals surface area contributed by atoms with Crippen LogP contribution in [0.2, 0.25) is 0 Å². The summed E-state index contributed by atoms with van der Waals surface area (Å²) in [6.45, 7) is 2.37. The molecule has 0 fully saturated rings. The predicted octanol–water partition coefficient (Wildman–Crippen LogP) is 3.17. The SMILES string of the molecule is CCCNCc1cc(F)c(N(C)CC(F)F)c(F)c1. The number of halogens is 4. The van der Waals surface area contributed by atoms with Crippen molar-refractivity contribution in [2.24, 2.45) is 0 Å². The van der Waals surface area contributed by atoms with Crippen LogP contribution in [0.15, 0.2) is 12.1 Å². The van der Waals surface area contributed by atoms with Crippen molar-refractivity contribution in [1.29, 1.82) is 0 Å². The summed E-state index contributed by atoms with van der Waals surface area (Å²) in [4.78, 5) is 0.887. The van der Waals surface area contributed by atoms with E-state index >= 15 is 0 Å². The van der Waals surface area contributed by atoms with Crippen LogP contribution in [0, 0.1) is 11.6 Å². The van der Waals surface area contributed by atoms with Gasteiger partial charge in [-0.05, 0) is 30.7 Å². The first-order chi connectivity index (χ1) is 8.95. The summed E-state index contributed by atoms with van der Waals surface area (Å²) in [7, 11) is 1.24. The fourth-order valence-corrected chi connectivity index (χ4v) is 1.79. The minimum Gasteiger partial charge on any atom is -0.364 e. The van der Waals surface area contributed by atoms with Gasteiger partial charge in [-0.25, -0.2) is 17.6 Å². The van der Waals surface area contributed by atoms with Crippen molar-refractivity contribution in [3.8, 4) is 0 Å². The molecule has 6 heteroatoms. The lowest BCUT2D eigenvalue weighted by Crippen LogP contribution is -2.26. The van der Waals surface area contributed by atoms with Gasteiger partial charge in [-0.3, -0.25) is 0 Å². The molecule has 1 N–H and O–H groups in total. The van der Waals surface area contributed by atoms with Crippen molar-refractivity contribution in [2.75, 3.05) is 25.0 Å². The molecular formula is C13H18F4N2. The molecule has 0 radical (unpaired) electrons. The Morgan fingerprint density at radius 1 is 1.21 bits per heavy atom. The Hall–Kier alpha value is -1.30. The lowest BCUT2D eigenvalue weighted by Gasteiger charge is -2.20. The van der Waals surface area contributed by atoms with Crippen molar-refractivity contribution < 1.29 is 17.6 Å². The van der Waals surface area contributed by atoms with Crippen LogP contribution in [-0.4, -0.2) is 26.6 Å². The highest BCUT2D eigenvalue weighted by molar-refractivity contribution is 5.50. The van der Waals surface area contributed by atoms with Gasteiger partial charge >= 0.3 is 0 Å². The topological polar surface area (TPSA) is 15.3 Å². The summed E-state index contributed by atoms with van der Waals surface area (Å²) in [5.74, 6) is -1.65. The van der Waals surface area contributed by atoms with Crippen LogP contribution in [0.5, 0.6) is 0 Å². The van der Waals surface area contributed by atoms with E-state index in [2.05, 4.69) is 5.32 Å². The van der Waals surface area contributed by atoms with E-state index in [1.54, 1.807) is 0 Å². The highest BCUT2D eigenvalue weighted by Crippen LogP contribution is 2.24. The molecule has 0 heterocycles. The number of alkyl halides is 2. The maximum absolute atomic E-state index is 13.8. The van der Waals surface area contributed by atoms with Gasteiger partial charge in [0.1, 0.15) is 17.3 Å². The Morgan fingerprint density at radius 2 is 1.79 bits per heavy atom. The molecule has 0 saturated carbocycles. The third-order valence-corrected chi connectivity index (χ3v) is 2.63. The molecule has 0 amide bonds. The average Bonchev–Trinajstić information content (AvgIpc) is 2.27. The molecular weight excluding hydrogens is 260 g/mol. The van der Waals surface area contributed by atoms with E-state index in [1.807, 2.05) is 6.92 Å². The molecule has 19 heavy (non-hydrogen) atoms. The van der Waals surface area contributed by atoms with Crippen LogP contribution in [-0.2, 0) is 6.54 Å². The lowest BCUT2D eigenvalue weighted by molar-refractivity contribution is 0.156. The highest BCUT2D eigenvalue weighted by atomic mass is 19.3. The number of benzene rings is 1. The fraction of sp³-hybridized carbons (Fsp3) is 0.538. The zero-order valence-corrected chi connectivity index (χ0v) is 11.0. The molecule has 0 aromatic heterocycles. The Balaban J connectivity index is 2.84. The van der Waals surface area contributed by atoms with Gasteiger partial charge in [0.05, 0.1) is 6.54 Å². The Bertz CT molecular complexity index is 387. The monoisotopic (exact) mass is 278 g/mol. The van der Waals surface area contributed by atoms with Crippen LogP contribution >= 0.6 is 0 Å². The first kappa shape index (κ1) is 15.8. The Labute approximate surface area is 110 Å². The zero-order valence-electron chi connectivity index (χ0n) is 11.0. The lowest BCUT2D eigenvalue weighted by atomic mass is 10.1. The van der Waals surface area contributed by atoms with Crippen LogP contribution in [0.3, 0.4) is 0 Å². The third kappa shape index (κ3) is 4.70. The van der Waals surface area contributed by atoms with Crippen LogP contribution in [0.4, 0.5) is 23.2 Å². The number of nitrogens with zero attached hydrogens (tertiary/aromatic N) is 1. The summed E-state index contributed by atoms with van der Waals surface area (Å²) in [6, 6.07) is 2.34. The second kappa shape index (κ2) is 7.33. The zero-order chi connectivity index (χ0) is 14.4. The smallest absolute Gasteiger partial charge is 0.255 e. The number of hydrogen-bond donors (Lipinski definition) is 1. The summed E-state index contributed by atoms with van der Waals surface area (Å²) in [5, 5.41) is 3.02. The van der Waals surface area contributed by atoms with Crippen molar-refractivity contribution in [2.45, 2.75) is 26.3 Å².